The van der Waals surface area contributed by atoms with Gasteiger partial charge in [0.25, 0.3) is 0 Å². The molecule has 0 saturated carbocycles. The van der Waals surface area contributed by atoms with Crippen molar-refractivity contribution in [2.45, 2.75) is 25.7 Å². The number of nitrogens with one attached hydrogen (secondary N) is 1. The quantitative estimate of drug-likeness (QED) is 0.387. The second-order valence-corrected chi connectivity index (χ2v) is 7.58. The Morgan fingerprint density at radius 3 is 2.92 bits per heavy atom. The van der Waals surface area contributed by atoms with Crippen molar-refractivity contribution >= 4 is 51.3 Å². The summed E-state index contributed by atoms with van der Waals surface area (Å²) in [6, 6.07) is 4.09. The minimum atomic E-state index is -0.139. The molecule has 9 heteroatoms. The van der Waals surface area contributed by atoms with Crippen LogP contribution in [0.1, 0.15) is 34.7 Å². The fraction of sp³-hybridized carbons (Fsp3) is 0.267. The van der Waals surface area contributed by atoms with Gasteiger partial charge in [-0.25, -0.2) is 5.48 Å². The van der Waals surface area contributed by atoms with Crippen molar-refractivity contribution in [3.05, 3.63) is 49.9 Å². The molecule has 0 aliphatic heterocycles. The molecule has 0 aromatic carbocycles. The van der Waals surface area contributed by atoms with Gasteiger partial charge in [-0.05, 0) is 70.3 Å². The van der Waals surface area contributed by atoms with Gasteiger partial charge in [0.15, 0.2) is 0 Å². The van der Waals surface area contributed by atoms with Crippen molar-refractivity contribution in [1.82, 2.24) is 10.5 Å². The highest BCUT2D eigenvalue weighted by Crippen LogP contribution is 2.38. The van der Waals surface area contributed by atoms with Crippen molar-refractivity contribution in [1.29, 1.82) is 0 Å². The van der Waals surface area contributed by atoms with E-state index in [1.165, 1.54) is 5.56 Å². The number of nitrogens with two attached hydrogens (primary N) is 1. The number of hydroxylamine groups is 1. The first-order chi connectivity index (χ1) is 11.1. The highest BCUT2D eigenvalue weighted by Gasteiger charge is 2.28. The van der Waals surface area contributed by atoms with Crippen molar-refractivity contribution in [2.75, 3.05) is 0 Å². The second-order valence-electron chi connectivity index (χ2n) is 5.35. The van der Waals surface area contributed by atoms with Gasteiger partial charge in [0.05, 0.1) is 15.2 Å². The van der Waals surface area contributed by atoms with Crippen LogP contribution < -0.4 is 11.2 Å². The van der Waals surface area contributed by atoms with Gasteiger partial charge in [-0.2, -0.15) is 5.10 Å². The molecule has 0 spiro atoms. The standard InChI is InChI=1S/C15H16BrN5OS.ClH/c1-8-2-4-18-11-6-9(10-3-5-23-14(10)16)7-12(13(8)11)19-20-15(17)21-22;/h2-5,9,22H,6-7H2,1H3,(H3,17,20,21);1H. The number of hydrogen-bond acceptors (Lipinski definition) is 5. The maximum atomic E-state index is 8.76. The van der Waals surface area contributed by atoms with Crippen LogP contribution in [0.5, 0.6) is 0 Å². The molecule has 6 nitrogen and oxygen atoms in total. The Labute approximate surface area is 158 Å². The Kier molecular flexibility index (Phi) is 6.34. The van der Waals surface area contributed by atoms with E-state index >= 15 is 0 Å². The Morgan fingerprint density at radius 2 is 2.25 bits per heavy atom. The normalized spacial score (nSPS) is 18.9. The van der Waals surface area contributed by atoms with Crippen LogP contribution in [0.15, 0.2) is 37.7 Å². The van der Waals surface area contributed by atoms with Gasteiger partial charge in [-0.3, -0.25) is 10.2 Å². The van der Waals surface area contributed by atoms with Gasteiger partial charge >= 0.3 is 0 Å². The molecule has 4 N–H and O–H groups in total. The molecule has 0 bridgehead atoms. The molecule has 128 valence electrons. The molecule has 1 atom stereocenters. The van der Waals surface area contributed by atoms with E-state index in [1.54, 1.807) is 16.8 Å². The first-order valence-corrected chi connectivity index (χ1v) is 8.75. The number of rotatable bonds is 2. The fourth-order valence-corrected chi connectivity index (χ4v) is 4.33. The number of halogens is 2. The van der Waals surface area contributed by atoms with Crippen LogP contribution in [-0.4, -0.2) is 21.9 Å². The van der Waals surface area contributed by atoms with Crippen molar-refractivity contribution in [2.24, 2.45) is 15.9 Å². The van der Waals surface area contributed by atoms with Crippen LogP contribution in [0, 0.1) is 6.92 Å². The highest BCUT2D eigenvalue weighted by atomic mass is 79.9. The van der Waals surface area contributed by atoms with Gasteiger partial charge in [0.1, 0.15) is 0 Å². The lowest BCUT2D eigenvalue weighted by Crippen LogP contribution is -2.28. The molecule has 1 aliphatic carbocycles. The molecule has 0 fully saturated rings. The minimum Gasteiger partial charge on any atom is -0.367 e. The van der Waals surface area contributed by atoms with E-state index < -0.39 is 0 Å². The lowest BCUT2D eigenvalue weighted by Gasteiger charge is -2.26. The molecule has 1 unspecified atom stereocenters. The number of aryl methyl sites for hydroxylation is 1. The monoisotopic (exact) mass is 429 g/mol. The summed E-state index contributed by atoms with van der Waals surface area (Å²) >= 11 is 5.29. The summed E-state index contributed by atoms with van der Waals surface area (Å²) in [6.07, 6.45) is 3.43. The molecule has 2 aromatic heterocycles. The minimum absolute atomic E-state index is 0. The Balaban J connectivity index is 0.00000208. The summed E-state index contributed by atoms with van der Waals surface area (Å²) in [5, 5.41) is 18.9. The summed E-state index contributed by atoms with van der Waals surface area (Å²) in [6.45, 7) is 2.04. The lowest BCUT2D eigenvalue weighted by atomic mass is 9.81. The van der Waals surface area contributed by atoms with Crippen molar-refractivity contribution in [3.8, 4) is 0 Å². The number of hydrogen-bond donors (Lipinski definition) is 3. The maximum Gasteiger partial charge on any atom is 0.237 e. The topological polar surface area (TPSA) is 95.9 Å². The first-order valence-electron chi connectivity index (χ1n) is 7.08. The molecule has 3 rings (SSSR count). The van der Waals surface area contributed by atoms with Gasteiger partial charge in [-0.15, -0.1) is 28.8 Å². The summed E-state index contributed by atoms with van der Waals surface area (Å²) < 4.78 is 1.14. The zero-order valence-corrected chi connectivity index (χ0v) is 16.1. The molecule has 2 heterocycles. The summed E-state index contributed by atoms with van der Waals surface area (Å²) in [7, 11) is 0. The third kappa shape index (κ3) is 3.77. The Bertz CT molecular complexity index is 792. The van der Waals surface area contributed by atoms with Gasteiger partial charge < -0.3 is 5.73 Å². The Morgan fingerprint density at radius 1 is 1.46 bits per heavy atom. The van der Waals surface area contributed by atoms with E-state index in [2.05, 4.69) is 42.6 Å². The van der Waals surface area contributed by atoms with E-state index in [9.17, 15) is 0 Å². The van der Waals surface area contributed by atoms with Crippen molar-refractivity contribution in [3.63, 3.8) is 0 Å². The lowest BCUT2D eigenvalue weighted by molar-refractivity contribution is 0.232. The third-order valence-corrected chi connectivity index (χ3v) is 5.62. The predicted octanol–water partition coefficient (Wildman–Crippen LogP) is 3.36. The van der Waals surface area contributed by atoms with Crippen LogP contribution in [0.4, 0.5) is 0 Å². The molecule has 24 heavy (non-hydrogen) atoms. The first kappa shape index (κ1) is 18.9. The van der Waals surface area contributed by atoms with Gasteiger partial charge in [0.2, 0.25) is 5.96 Å². The molecule has 0 radical (unpaired) electrons. The van der Waals surface area contributed by atoms with Crippen LogP contribution in [-0.2, 0) is 6.42 Å². The molecule has 0 amide bonds. The van der Waals surface area contributed by atoms with E-state index in [-0.39, 0.29) is 24.3 Å². The number of nitrogens with zero attached hydrogens (tertiary/aromatic N) is 3. The van der Waals surface area contributed by atoms with Crippen molar-refractivity contribution < 1.29 is 5.21 Å². The van der Waals surface area contributed by atoms with E-state index in [0.29, 0.717) is 0 Å². The molecular weight excluding hydrogens is 414 g/mol. The zero-order chi connectivity index (χ0) is 16.4. The zero-order valence-electron chi connectivity index (χ0n) is 12.9. The number of thiophene rings is 1. The van der Waals surface area contributed by atoms with Gasteiger partial charge in [-0.1, -0.05) is 0 Å². The molecular formula is C15H17BrClN5OS. The summed E-state index contributed by atoms with van der Waals surface area (Å²) in [5.74, 6) is 0.147. The van der Waals surface area contributed by atoms with Crippen LogP contribution in [0.25, 0.3) is 0 Å². The van der Waals surface area contributed by atoms with Crippen LogP contribution in [0.2, 0.25) is 0 Å². The smallest absolute Gasteiger partial charge is 0.237 e. The highest BCUT2D eigenvalue weighted by molar-refractivity contribution is 9.11. The molecule has 0 saturated heterocycles. The number of pyridine rings is 1. The Hall–Kier alpha value is -1.48. The molecule has 1 aliphatic rings. The summed E-state index contributed by atoms with van der Waals surface area (Å²) in [4.78, 5) is 4.53. The maximum absolute atomic E-state index is 8.76. The third-order valence-electron chi connectivity index (χ3n) is 3.88. The molecule has 2 aromatic rings. The SMILES string of the molecule is Cc1ccnc2c1C(=N/N=C(/N)NO)CC(c1ccsc1Br)C2.Cl. The van der Waals surface area contributed by atoms with Crippen LogP contribution >= 0.6 is 39.7 Å². The fourth-order valence-electron chi connectivity index (χ4n) is 2.85. The average Bonchev–Trinajstić information content (AvgIpc) is 2.98. The largest absolute Gasteiger partial charge is 0.367 e. The second kappa shape index (κ2) is 8.06. The van der Waals surface area contributed by atoms with E-state index in [4.69, 9.17) is 10.9 Å². The van der Waals surface area contributed by atoms with E-state index in [1.807, 2.05) is 19.2 Å². The predicted molar refractivity (Wildman–Crippen MR) is 102 cm³/mol. The number of aromatic nitrogens is 1. The average molecular weight is 431 g/mol. The number of guanidine groups is 1. The summed E-state index contributed by atoms with van der Waals surface area (Å²) in [5.41, 5.74) is 12.5. The van der Waals surface area contributed by atoms with E-state index in [0.717, 1.165) is 39.2 Å². The number of fused-ring (bicyclic) bond motifs is 1. The van der Waals surface area contributed by atoms with Crippen LogP contribution in [0.3, 0.4) is 0 Å². The van der Waals surface area contributed by atoms with Gasteiger partial charge in [0, 0.05) is 11.8 Å².